The van der Waals surface area contributed by atoms with E-state index in [-0.39, 0.29) is 0 Å². The number of aromatic nitrogens is 4. The van der Waals surface area contributed by atoms with Gasteiger partial charge in [-0.3, -0.25) is 19.9 Å². The number of hydrogen-bond acceptors (Lipinski definition) is 4. The zero-order valence-electron chi connectivity index (χ0n) is 8.25. The molecule has 4 heteroatoms. The van der Waals surface area contributed by atoms with E-state index >= 15 is 0 Å². The van der Waals surface area contributed by atoms with Crippen molar-refractivity contribution in [3.05, 3.63) is 48.6 Å². The Hall–Kier alpha value is -1.84. The highest BCUT2D eigenvalue weighted by molar-refractivity contribution is 4.89. The Morgan fingerprint density at radius 1 is 0.714 bits per heavy atom. The van der Waals surface area contributed by atoms with Gasteiger partial charge in [0.2, 0.25) is 0 Å². The predicted octanol–water partition coefficient (Wildman–Crippen LogP) is 1.57. The minimum absolute atomic E-state index is 0.961. The summed E-state index contributed by atoms with van der Waals surface area (Å²) >= 11 is 0. The summed E-state index contributed by atoms with van der Waals surface area (Å²) in [5.41, 5.74) is 1.92. The molecule has 0 radical (unpaired) electrons. The second kappa shape index (κ2) is 5.75. The summed E-state index contributed by atoms with van der Waals surface area (Å²) in [6, 6.07) is 0. The largest absolute Gasteiger partial charge is 0.261 e. The average Bonchev–Trinajstić information content (AvgIpc) is 2.21. The lowest BCUT2D eigenvalue weighted by atomic mass is 10.5. The van der Waals surface area contributed by atoms with Gasteiger partial charge in [-0.05, 0) is 13.8 Å². The van der Waals surface area contributed by atoms with Gasteiger partial charge in [0.15, 0.2) is 0 Å². The van der Waals surface area contributed by atoms with Gasteiger partial charge in [0.05, 0.1) is 11.4 Å². The first-order valence-electron chi connectivity index (χ1n) is 4.24. The SMILES string of the molecule is Cc1cnccn1.Cc1cnccn1. The lowest BCUT2D eigenvalue weighted by molar-refractivity contribution is 1.12. The van der Waals surface area contributed by atoms with Crippen molar-refractivity contribution in [2.75, 3.05) is 0 Å². The predicted molar refractivity (Wildman–Crippen MR) is 53.5 cm³/mol. The van der Waals surface area contributed by atoms with Crippen molar-refractivity contribution in [3.63, 3.8) is 0 Å². The summed E-state index contributed by atoms with van der Waals surface area (Å²) in [6.45, 7) is 3.82. The molecule has 0 unspecified atom stereocenters. The molecule has 14 heavy (non-hydrogen) atoms. The third-order valence-corrected chi connectivity index (χ3v) is 1.38. The molecule has 0 spiro atoms. The van der Waals surface area contributed by atoms with E-state index < -0.39 is 0 Å². The molecule has 0 aliphatic heterocycles. The second-order valence-corrected chi connectivity index (χ2v) is 2.69. The lowest BCUT2D eigenvalue weighted by Crippen LogP contribution is -1.77. The standard InChI is InChI=1S/2C5H6N2/c2*1-5-4-6-2-3-7-5/h2*2-4H,1H3. The Bertz CT molecular complexity index is 310. The van der Waals surface area contributed by atoms with Crippen molar-refractivity contribution in [2.45, 2.75) is 13.8 Å². The van der Waals surface area contributed by atoms with Crippen molar-refractivity contribution >= 4 is 0 Å². The quantitative estimate of drug-likeness (QED) is 0.629. The van der Waals surface area contributed by atoms with Crippen molar-refractivity contribution in [1.82, 2.24) is 19.9 Å². The minimum Gasteiger partial charge on any atom is -0.261 e. The second-order valence-electron chi connectivity index (χ2n) is 2.69. The number of nitrogens with zero attached hydrogens (tertiary/aromatic N) is 4. The number of aryl methyl sites for hydroxylation is 2. The summed E-state index contributed by atoms with van der Waals surface area (Å²) < 4.78 is 0. The van der Waals surface area contributed by atoms with Crippen LogP contribution in [0.25, 0.3) is 0 Å². The summed E-state index contributed by atoms with van der Waals surface area (Å²) in [7, 11) is 0. The van der Waals surface area contributed by atoms with Gasteiger partial charge in [-0.15, -0.1) is 0 Å². The topological polar surface area (TPSA) is 51.6 Å². The van der Waals surface area contributed by atoms with Crippen LogP contribution < -0.4 is 0 Å². The van der Waals surface area contributed by atoms with Crippen molar-refractivity contribution < 1.29 is 0 Å². The van der Waals surface area contributed by atoms with Gasteiger partial charge in [0.1, 0.15) is 0 Å². The Kier molecular flexibility index (Phi) is 4.20. The van der Waals surface area contributed by atoms with Crippen LogP contribution in [0.3, 0.4) is 0 Å². The molecule has 2 heterocycles. The van der Waals surface area contributed by atoms with Crippen molar-refractivity contribution in [2.24, 2.45) is 0 Å². The first-order chi connectivity index (χ1) is 6.79. The summed E-state index contributed by atoms with van der Waals surface area (Å²) in [5.74, 6) is 0. The van der Waals surface area contributed by atoms with Crippen molar-refractivity contribution in [1.29, 1.82) is 0 Å². The third-order valence-electron chi connectivity index (χ3n) is 1.38. The van der Waals surface area contributed by atoms with Gasteiger partial charge in [0.25, 0.3) is 0 Å². The van der Waals surface area contributed by atoms with Crippen LogP contribution >= 0.6 is 0 Å². The molecule has 0 atom stereocenters. The fourth-order valence-electron chi connectivity index (χ4n) is 0.747. The average molecular weight is 188 g/mol. The van der Waals surface area contributed by atoms with E-state index in [0.717, 1.165) is 11.4 Å². The molecule has 0 amide bonds. The van der Waals surface area contributed by atoms with Gasteiger partial charge >= 0.3 is 0 Å². The Morgan fingerprint density at radius 2 is 1.14 bits per heavy atom. The molecule has 0 aliphatic rings. The minimum atomic E-state index is 0.961. The first-order valence-corrected chi connectivity index (χ1v) is 4.24. The van der Waals surface area contributed by atoms with E-state index in [4.69, 9.17) is 0 Å². The third kappa shape index (κ3) is 4.25. The van der Waals surface area contributed by atoms with E-state index in [1.165, 1.54) is 0 Å². The molecule has 0 bridgehead atoms. The highest BCUT2D eigenvalue weighted by Gasteiger charge is 1.75. The van der Waals surface area contributed by atoms with Gasteiger partial charge in [-0.2, -0.15) is 0 Å². The maximum atomic E-state index is 3.92. The van der Waals surface area contributed by atoms with Crippen LogP contribution in [0.2, 0.25) is 0 Å². The van der Waals surface area contributed by atoms with E-state index in [1.54, 1.807) is 37.2 Å². The highest BCUT2D eigenvalue weighted by Crippen LogP contribution is 1.81. The zero-order valence-corrected chi connectivity index (χ0v) is 8.25. The van der Waals surface area contributed by atoms with E-state index in [0.29, 0.717) is 0 Å². The molecule has 2 aromatic rings. The van der Waals surface area contributed by atoms with E-state index in [1.807, 2.05) is 13.8 Å². The van der Waals surface area contributed by atoms with Crippen molar-refractivity contribution in [3.8, 4) is 0 Å². The lowest BCUT2D eigenvalue weighted by Gasteiger charge is -1.81. The van der Waals surface area contributed by atoms with Crippen LogP contribution in [0.1, 0.15) is 11.4 Å². The molecule has 0 fully saturated rings. The van der Waals surface area contributed by atoms with Gasteiger partial charge in [-0.1, -0.05) is 0 Å². The molecule has 0 saturated heterocycles. The van der Waals surface area contributed by atoms with Crippen LogP contribution in [0.15, 0.2) is 37.2 Å². The normalized spacial score (nSPS) is 8.71. The van der Waals surface area contributed by atoms with Gasteiger partial charge < -0.3 is 0 Å². The molecule has 0 aliphatic carbocycles. The highest BCUT2D eigenvalue weighted by atomic mass is 14.8. The number of hydrogen-bond donors (Lipinski definition) is 0. The van der Waals surface area contributed by atoms with Crippen LogP contribution in [-0.2, 0) is 0 Å². The monoisotopic (exact) mass is 188 g/mol. The summed E-state index contributed by atoms with van der Waals surface area (Å²) in [5, 5.41) is 0. The van der Waals surface area contributed by atoms with Crippen LogP contribution in [0, 0.1) is 13.8 Å². The zero-order chi connectivity index (χ0) is 10.2. The fourth-order valence-corrected chi connectivity index (χ4v) is 0.747. The van der Waals surface area contributed by atoms with E-state index in [9.17, 15) is 0 Å². The molecular weight excluding hydrogens is 176 g/mol. The molecule has 0 saturated carbocycles. The molecule has 2 aromatic heterocycles. The Balaban J connectivity index is 0.000000140. The van der Waals surface area contributed by atoms with Crippen LogP contribution in [0.5, 0.6) is 0 Å². The smallest absolute Gasteiger partial charge is 0.0555 e. The molecule has 0 aromatic carbocycles. The van der Waals surface area contributed by atoms with E-state index in [2.05, 4.69) is 19.9 Å². The Labute approximate surface area is 83.1 Å². The maximum Gasteiger partial charge on any atom is 0.0555 e. The number of rotatable bonds is 0. The first kappa shape index (κ1) is 10.2. The molecule has 4 nitrogen and oxygen atoms in total. The molecule has 0 N–H and O–H groups in total. The fraction of sp³-hybridized carbons (Fsp3) is 0.200. The molecular formula is C10H12N4. The summed E-state index contributed by atoms with van der Waals surface area (Å²) in [4.78, 5) is 15.5. The molecule has 2 rings (SSSR count). The Morgan fingerprint density at radius 3 is 1.29 bits per heavy atom. The van der Waals surface area contributed by atoms with Crippen LogP contribution in [-0.4, -0.2) is 19.9 Å². The maximum absolute atomic E-state index is 3.92. The van der Waals surface area contributed by atoms with Gasteiger partial charge in [0, 0.05) is 37.2 Å². The summed E-state index contributed by atoms with van der Waals surface area (Å²) in [6.07, 6.45) is 10.1. The molecule has 72 valence electrons. The van der Waals surface area contributed by atoms with Crippen LogP contribution in [0.4, 0.5) is 0 Å². The van der Waals surface area contributed by atoms with Gasteiger partial charge in [-0.25, -0.2) is 0 Å².